The number of benzene rings is 1. The summed E-state index contributed by atoms with van der Waals surface area (Å²) in [6, 6.07) is 6.35. The number of hydrogen-bond acceptors (Lipinski definition) is 5. The molecular weight excluding hydrogens is 300 g/mol. The third-order valence-corrected chi connectivity index (χ3v) is 4.07. The normalized spacial score (nSPS) is 16.7. The molecular formula is C16H16N2O5. The summed E-state index contributed by atoms with van der Waals surface area (Å²) in [4.78, 5) is 27.5. The second kappa shape index (κ2) is 5.75. The topological polar surface area (TPSA) is 102 Å². The smallest absolute Gasteiger partial charge is 0.356 e. The molecule has 0 saturated carbocycles. The summed E-state index contributed by atoms with van der Waals surface area (Å²) in [6.45, 7) is 0.332. The van der Waals surface area contributed by atoms with Gasteiger partial charge in [0.1, 0.15) is 11.6 Å². The first-order valence-electron chi connectivity index (χ1n) is 7.21. The maximum Gasteiger partial charge on any atom is 0.356 e. The van der Waals surface area contributed by atoms with Crippen molar-refractivity contribution >= 4 is 11.9 Å². The molecule has 2 N–H and O–H groups in total. The molecule has 0 amide bonds. The number of aromatic carboxylic acids is 1. The number of methoxy groups -OCH3 is 1. The minimum atomic E-state index is -1.09. The van der Waals surface area contributed by atoms with E-state index < -0.39 is 5.97 Å². The number of fused-ring (bicyclic) bond motifs is 1. The summed E-state index contributed by atoms with van der Waals surface area (Å²) in [6.07, 6.45) is 0.986. The summed E-state index contributed by atoms with van der Waals surface area (Å²) in [7, 11) is 1.34. The van der Waals surface area contributed by atoms with Gasteiger partial charge in [-0.05, 0) is 37.1 Å². The van der Waals surface area contributed by atoms with Crippen LogP contribution < -0.4 is 0 Å². The van der Waals surface area contributed by atoms with E-state index in [1.807, 2.05) is 0 Å². The predicted molar refractivity (Wildman–Crippen MR) is 80.1 cm³/mol. The van der Waals surface area contributed by atoms with Gasteiger partial charge in [-0.1, -0.05) is 0 Å². The summed E-state index contributed by atoms with van der Waals surface area (Å²) in [5.41, 5.74) is 1.30. The van der Waals surface area contributed by atoms with E-state index in [1.54, 1.807) is 16.7 Å². The molecule has 3 rings (SSSR count). The molecule has 120 valence electrons. The van der Waals surface area contributed by atoms with Crippen molar-refractivity contribution in [3.8, 4) is 17.1 Å². The summed E-state index contributed by atoms with van der Waals surface area (Å²) < 4.78 is 6.56. The Balaban J connectivity index is 2.08. The van der Waals surface area contributed by atoms with Crippen LogP contribution in [-0.4, -0.2) is 38.8 Å². The zero-order chi connectivity index (χ0) is 16.6. The van der Waals surface area contributed by atoms with Gasteiger partial charge >= 0.3 is 11.9 Å². The van der Waals surface area contributed by atoms with Crippen molar-refractivity contribution in [2.24, 2.45) is 5.92 Å². The van der Waals surface area contributed by atoms with Crippen LogP contribution >= 0.6 is 0 Å². The average molecular weight is 316 g/mol. The fourth-order valence-corrected chi connectivity index (χ4v) is 2.92. The van der Waals surface area contributed by atoms with Crippen LogP contribution in [0.15, 0.2) is 24.3 Å². The van der Waals surface area contributed by atoms with Crippen LogP contribution in [-0.2, 0) is 22.5 Å². The molecule has 1 aromatic heterocycles. The van der Waals surface area contributed by atoms with Gasteiger partial charge in [0.05, 0.1) is 18.7 Å². The van der Waals surface area contributed by atoms with Crippen molar-refractivity contribution in [3.63, 3.8) is 0 Å². The minimum Gasteiger partial charge on any atom is -0.508 e. The zero-order valence-electron chi connectivity index (χ0n) is 12.5. The van der Waals surface area contributed by atoms with Gasteiger partial charge in [-0.15, -0.1) is 0 Å². The number of carboxylic acid groups (broad SMARTS) is 1. The highest BCUT2D eigenvalue weighted by Gasteiger charge is 2.31. The van der Waals surface area contributed by atoms with Crippen molar-refractivity contribution in [2.75, 3.05) is 7.11 Å². The lowest BCUT2D eigenvalue weighted by Gasteiger charge is -2.23. The highest BCUT2D eigenvalue weighted by Crippen LogP contribution is 2.31. The van der Waals surface area contributed by atoms with Crippen LogP contribution in [0, 0.1) is 5.92 Å². The molecule has 0 bridgehead atoms. The molecule has 1 atom stereocenters. The van der Waals surface area contributed by atoms with E-state index in [-0.39, 0.29) is 23.3 Å². The Morgan fingerprint density at radius 2 is 2.00 bits per heavy atom. The summed E-state index contributed by atoms with van der Waals surface area (Å²) in [5, 5.41) is 18.8. The van der Waals surface area contributed by atoms with Crippen LogP contribution in [0.2, 0.25) is 0 Å². The number of carboxylic acids is 1. The fraction of sp³-hybridized carbons (Fsp3) is 0.312. The van der Waals surface area contributed by atoms with Gasteiger partial charge in [0.25, 0.3) is 0 Å². The molecule has 1 aliphatic heterocycles. The first kappa shape index (κ1) is 15.1. The number of carbonyl (C=O) groups is 2. The number of hydrogen-bond donors (Lipinski definition) is 2. The van der Waals surface area contributed by atoms with Gasteiger partial charge in [-0.3, -0.25) is 4.79 Å². The molecule has 7 nitrogen and oxygen atoms in total. The van der Waals surface area contributed by atoms with Gasteiger partial charge in [-0.25, -0.2) is 9.78 Å². The quantitative estimate of drug-likeness (QED) is 0.836. The Morgan fingerprint density at radius 3 is 2.61 bits per heavy atom. The third-order valence-electron chi connectivity index (χ3n) is 4.07. The number of ether oxygens (including phenoxy) is 1. The van der Waals surface area contributed by atoms with Gasteiger partial charge in [0.15, 0.2) is 5.69 Å². The molecule has 0 saturated heterocycles. The predicted octanol–water partition coefficient (Wildman–Crippen LogP) is 1.69. The Kier molecular flexibility index (Phi) is 3.77. The van der Waals surface area contributed by atoms with E-state index in [9.17, 15) is 19.8 Å². The van der Waals surface area contributed by atoms with Crippen molar-refractivity contribution in [1.29, 1.82) is 0 Å². The first-order valence-corrected chi connectivity index (χ1v) is 7.21. The zero-order valence-corrected chi connectivity index (χ0v) is 12.5. The average Bonchev–Trinajstić information content (AvgIpc) is 2.94. The van der Waals surface area contributed by atoms with E-state index in [2.05, 4.69) is 4.98 Å². The van der Waals surface area contributed by atoms with Gasteiger partial charge in [0, 0.05) is 12.1 Å². The molecule has 1 aromatic carbocycles. The van der Waals surface area contributed by atoms with Gasteiger partial charge < -0.3 is 19.5 Å². The Labute approximate surface area is 132 Å². The van der Waals surface area contributed by atoms with Crippen LogP contribution in [0.1, 0.15) is 22.6 Å². The van der Waals surface area contributed by atoms with Crippen LogP contribution in [0.4, 0.5) is 0 Å². The number of esters is 1. The van der Waals surface area contributed by atoms with Crippen molar-refractivity contribution < 1.29 is 24.5 Å². The number of aromatic nitrogens is 2. The molecule has 0 spiro atoms. The highest BCUT2D eigenvalue weighted by atomic mass is 16.5. The van der Waals surface area contributed by atoms with E-state index >= 15 is 0 Å². The maximum absolute atomic E-state index is 11.8. The first-order chi connectivity index (χ1) is 11.0. The highest BCUT2D eigenvalue weighted by molar-refractivity contribution is 5.88. The molecule has 0 aliphatic carbocycles. The standard InChI is InChI=1S/C16H16N2O5/c1-23-16(22)10-4-7-12-13(15(20)21)17-14(18(12)8-10)9-2-5-11(19)6-3-9/h2-3,5-6,10,19H,4,7-8H2,1H3,(H,20,21). The Morgan fingerprint density at radius 1 is 1.30 bits per heavy atom. The Hall–Kier alpha value is -2.83. The fourth-order valence-electron chi connectivity index (χ4n) is 2.92. The van der Waals surface area contributed by atoms with E-state index in [1.165, 1.54) is 19.2 Å². The second-order valence-electron chi connectivity index (χ2n) is 5.45. The molecule has 1 unspecified atom stereocenters. The second-order valence-corrected chi connectivity index (χ2v) is 5.45. The number of carbonyl (C=O) groups excluding carboxylic acids is 1. The molecule has 0 fully saturated rings. The molecule has 2 heterocycles. The van der Waals surface area contributed by atoms with Crippen LogP contribution in [0.5, 0.6) is 5.75 Å². The largest absolute Gasteiger partial charge is 0.508 e. The molecule has 2 aromatic rings. The molecule has 0 radical (unpaired) electrons. The maximum atomic E-state index is 11.8. The number of nitrogens with zero attached hydrogens (tertiary/aromatic N) is 2. The van der Waals surface area contributed by atoms with Crippen molar-refractivity contribution in [3.05, 3.63) is 35.7 Å². The lowest BCUT2D eigenvalue weighted by Crippen LogP contribution is -2.28. The van der Waals surface area contributed by atoms with Crippen molar-refractivity contribution in [2.45, 2.75) is 19.4 Å². The number of imidazole rings is 1. The molecule has 23 heavy (non-hydrogen) atoms. The summed E-state index contributed by atoms with van der Waals surface area (Å²) >= 11 is 0. The molecule has 7 heteroatoms. The Bertz CT molecular complexity index is 764. The van der Waals surface area contributed by atoms with Crippen molar-refractivity contribution in [1.82, 2.24) is 9.55 Å². The van der Waals surface area contributed by atoms with E-state index in [4.69, 9.17) is 4.74 Å². The SMILES string of the molecule is COC(=O)C1CCc2c(C(=O)O)nc(-c3ccc(O)cc3)n2C1. The van der Waals surface area contributed by atoms with Gasteiger partial charge in [-0.2, -0.15) is 0 Å². The molecule has 1 aliphatic rings. The lowest BCUT2D eigenvalue weighted by atomic mass is 9.97. The number of phenols is 1. The number of phenolic OH excluding ortho intramolecular Hbond substituents is 1. The lowest BCUT2D eigenvalue weighted by molar-refractivity contribution is -0.146. The van der Waals surface area contributed by atoms with Crippen LogP contribution in [0.25, 0.3) is 11.4 Å². The minimum absolute atomic E-state index is 0.0105. The van der Waals surface area contributed by atoms with E-state index in [0.717, 1.165) is 0 Å². The number of rotatable bonds is 3. The van der Waals surface area contributed by atoms with Gasteiger partial charge in [0.2, 0.25) is 0 Å². The number of aromatic hydroxyl groups is 1. The third kappa shape index (κ3) is 2.65. The monoisotopic (exact) mass is 316 g/mol. The van der Waals surface area contributed by atoms with E-state index in [0.29, 0.717) is 36.5 Å². The van der Waals surface area contributed by atoms with Crippen LogP contribution in [0.3, 0.4) is 0 Å². The summed E-state index contributed by atoms with van der Waals surface area (Å²) in [5.74, 6) is -1.12.